The van der Waals surface area contributed by atoms with Crippen LogP contribution in [-0.4, -0.2) is 10.2 Å². The highest BCUT2D eigenvalue weighted by Crippen LogP contribution is 2.22. The molecule has 0 spiro atoms. The lowest BCUT2D eigenvalue weighted by atomic mass is 10.2. The summed E-state index contributed by atoms with van der Waals surface area (Å²) in [7, 11) is 0. The summed E-state index contributed by atoms with van der Waals surface area (Å²) >= 11 is 0. The first-order valence-electron chi connectivity index (χ1n) is 5.26. The Morgan fingerprint density at radius 3 is 2.39 bits per heavy atom. The molecule has 0 radical (unpaired) electrons. The van der Waals surface area contributed by atoms with Crippen molar-refractivity contribution in [3.05, 3.63) is 53.6 Å². The fourth-order valence-corrected chi connectivity index (χ4v) is 1.51. The number of phenolic OH excluding ortho intramolecular Hbond substituents is 2. The molecule has 0 saturated carbocycles. The summed E-state index contributed by atoms with van der Waals surface area (Å²) in [5.41, 5.74) is 0.789. The Morgan fingerprint density at radius 1 is 0.944 bits per heavy atom. The number of hydrogen-bond acceptors (Lipinski definition) is 3. The molecule has 2 aromatic carbocycles. The van der Waals surface area contributed by atoms with Gasteiger partial charge in [-0.05, 0) is 30.3 Å². The standard InChI is InChI=1S/C13H11F2NO2/c14-9-1-3-12(17)8(5-9)7-16-10-2-4-13(18)11(15)6-10/h1-6,16-18H,7H2. The van der Waals surface area contributed by atoms with E-state index in [1.165, 1.54) is 24.3 Å². The van der Waals surface area contributed by atoms with Gasteiger partial charge in [-0.2, -0.15) is 0 Å². The smallest absolute Gasteiger partial charge is 0.166 e. The number of nitrogens with one attached hydrogen (secondary N) is 1. The first-order chi connectivity index (χ1) is 8.56. The zero-order chi connectivity index (χ0) is 13.1. The lowest BCUT2D eigenvalue weighted by Gasteiger charge is -2.08. The van der Waals surface area contributed by atoms with Gasteiger partial charge in [-0.15, -0.1) is 0 Å². The number of phenols is 2. The van der Waals surface area contributed by atoms with Crippen LogP contribution in [0.3, 0.4) is 0 Å². The molecule has 3 N–H and O–H groups in total. The van der Waals surface area contributed by atoms with Crippen LogP contribution in [0.4, 0.5) is 14.5 Å². The molecule has 0 bridgehead atoms. The molecule has 0 fully saturated rings. The molecule has 2 aromatic rings. The average Bonchev–Trinajstić information content (AvgIpc) is 2.34. The van der Waals surface area contributed by atoms with Crippen LogP contribution in [0.1, 0.15) is 5.56 Å². The van der Waals surface area contributed by atoms with E-state index in [1.807, 2.05) is 0 Å². The lowest BCUT2D eigenvalue weighted by molar-refractivity contribution is 0.432. The van der Waals surface area contributed by atoms with Crippen LogP contribution in [0, 0.1) is 11.6 Å². The molecule has 0 atom stereocenters. The maximum atomic E-state index is 13.0. The Hall–Kier alpha value is -2.30. The number of halogens is 2. The van der Waals surface area contributed by atoms with Crippen LogP contribution in [0.15, 0.2) is 36.4 Å². The molecule has 18 heavy (non-hydrogen) atoms. The largest absolute Gasteiger partial charge is 0.508 e. The summed E-state index contributed by atoms with van der Waals surface area (Å²) in [5, 5.41) is 21.3. The van der Waals surface area contributed by atoms with Gasteiger partial charge in [0.1, 0.15) is 11.6 Å². The molecule has 0 heterocycles. The second kappa shape index (κ2) is 4.91. The van der Waals surface area contributed by atoms with E-state index in [-0.39, 0.29) is 12.3 Å². The third kappa shape index (κ3) is 2.68. The van der Waals surface area contributed by atoms with Gasteiger partial charge in [0.05, 0.1) is 0 Å². The van der Waals surface area contributed by atoms with Gasteiger partial charge in [0.15, 0.2) is 11.6 Å². The van der Waals surface area contributed by atoms with Crippen LogP contribution >= 0.6 is 0 Å². The summed E-state index contributed by atoms with van der Waals surface area (Å²) in [6.07, 6.45) is 0. The number of anilines is 1. The van der Waals surface area contributed by atoms with Crippen LogP contribution in [0.5, 0.6) is 11.5 Å². The summed E-state index contributed by atoms with van der Waals surface area (Å²) in [6.45, 7) is 0.147. The fraction of sp³-hybridized carbons (Fsp3) is 0.0769. The van der Waals surface area contributed by atoms with E-state index in [0.29, 0.717) is 11.3 Å². The molecular weight excluding hydrogens is 240 g/mol. The van der Waals surface area contributed by atoms with Crippen molar-refractivity contribution in [1.29, 1.82) is 0 Å². The number of hydrogen-bond donors (Lipinski definition) is 3. The van der Waals surface area contributed by atoms with Gasteiger partial charge in [-0.1, -0.05) is 0 Å². The van der Waals surface area contributed by atoms with Crippen molar-refractivity contribution < 1.29 is 19.0 Å². The monoisotopic (exact) mass is 251 g/mol. The van der Waals surface area contributed by atoms with Gasteiger partial charge in [-0.3, -0.25) is 0 Å². The van der Waals surface area contributed by atoms with Crippen molar-refractivity contribution in [2.75, 3.05) is 5.32 Å². The third-order valence-corrected chi connectivity index (χ3v) is 2.47. The minimum atomic E-state index is -0.747. The minimum absolute atomic E-state index is 0.0387. The lowest BCUT2D eigenvalue weighted by Crippen LogP contribution is -2.00. The first kappa shape index (κ1) is 12.2. The summed E-state index contributed by atoms with van der Waals surface area (Å²) in [6, 6.07) is 7.41. The summed E-state index contributed by atoms with van der Waals surface area (Å²) in [5.74, 6) is -1.68. The van der Waals surface area contributed by atoms with Crippen molar-refractivity contribution in [1.82, 2.24) is 0 Å². The van der Waals surface area contributed by atoms with Crippen LogP contribution in [0.25, 0.3) is 0 Å². The van der Waals surface area contributed by atoms with Crippen molar-refractivity contribution in [2.24, 2.45) is 0 Å². The van der Waals surface area contributed by atoms with Gasteiger partial charge in [0.2, 0.25) is 0 Å². The van der Waals surface area contributed by atoms with E-state index in [4.69, 9.17) is 5.11 Å². The molecule has 94 valence electrons. The molecule has 0 aliphatic carbocycles. The van der Waals surface area contributed by atoms with Gasteiger partial charge in [-0.25, -0.2) is 8.78 Å². The number of benzene rings is 2. The summed E-state index contributed by atoms with van der Waals surface area (Å²) in [4.78, 5) is 0. The van der Waals surface area contributed by atoms with Crippen molar-refractivity contribution in [3.63, 3.8) is 0 Å². The topological polar surface area (TPSA) is 52.5 Å². The number of aromatic hydroxyl groups is 2. The molecule has 0 unspecified atom stereocenters. The van der Waals surface area contributed by atoms with Gasteiger partial charge in [0.25, 0.3) is 0 Å². The first-order valence-corrected chi connectivity index (χ1v) is 5.26. The maximum absolute atomic E-state index is 13.0. The van der Waals surface area contributed by atoms with E-state index in [2.05, 4.69) is 5.32 Å². The van der Waals surface area contributed by atoms with E-state index in [1.54, 1.807) is 0 Å². The highest BCUT2D eigenvalue weighted by molar-refractivity contribution is 5.48. The second-order valence-electron chi connectivity index (χ2n) is 3.79. The Bertz CT molecular complexity index is 573. The van der Waals surface area contributed by atoms with E-state index in [0.717, 1.165) is 12.1 Å². The molecule has 0 aliphatic heterocycles. The van der Waals surface area contributed by atoms with Crippen LogP contribution < -0.4 is 5.32 Å². The van der Waals surface area contributed by atoms with Gasteiger partial charge in [0, 0.05) is 23.9 Å². The third-order valence-electron chi connectivity index (χ3n) is 2.47. The second-order valence-corrected chi connectivity index (χ2v) is 3.79. The zero-order valence-electron chi connectivity index (χ0n) is 9.32. The van der Waals surface area contributed by atoms with Crippen LogP contribution in [-0.2, 0) is 6.54 Å². The van der Waals surface area contributed by atoms with Gasteiger partial charge < -0.3 is 15.5 Å². The quantitative estimate of drug-likeness (QED) is 0.735. The minimum Gasteiger partial charge on any atom is -0.508 e. The van der Waals surface area contributed by atoms with Crippen LogP contribution in [0.2, 0.25) is 0 Å². The SMILES string of the molecule is Oc1ccc(NCc2cc(F)ccc2O)cc1F. The molecule has 0 aromatic heterocycles. The highest BCUT2D eigenvalue weighted by atomic mass is 19.1. The zero-order valence-corrected chi connectivity index (χ0v) is 9.32. The Labute approximate surface area is 102 Å². The fourth-order valence-electron chi connectivity index (χ4n) is 1.51. The van der Waals surface area contributed by atoms with Crippen molar-refractivity contribution in [2.45, 2.75) is 6.54 Å². The van der Waals surface area contributed by atoms with Crippen molar-refractivity contribution >= 4 is 5.69 Å². The summed E-state index contributed by atoms with van der Waals surface area (Å²) < 4.78 is 26.0. The molecular formula is C13H11F2NO2. The Kier molecular flexibility index (Phi) is 3.32. The average molecular weight is 251 g/mol. The maximum Gasteiger partial charge on any atom is 0.166 e. The van der Waals surface area contributed by atoms with E-state index < -0.39 is 17.4 Å². The predicted molar refractivity (Wildman–Crippen MR) is 63.5 cm³/mol. The molecule has 5 heteroatoms. The Morgan fingerprint density at radius 2 is 1.67 bits per heavy atom. The molecule has 0 amide bonds. The van der Waals surface area contributed by atoms with Gasteiger partial charge >= 0.3 is 0 Å². The molecule has 3 nitrogen and oxygen atoms in total. The van der Waals surface area contributed by atoms with E-state index in [9.17, 15) is 13.9 Å². The number of rotatable bonds is 3. The van der Waals surface area contributed by atoms with E-state index >= 15 is 0 Å². The molecule has 2 rings (SSSR count). The predicted octanol–water partition coefficient (Wildman–Crippen LogP) is 2.99. The highest BCUT2D eigenvalue weighted by Gasteiger charge is 2.04. The molecule has 0 saturated heterocycles. The molecule has 0 aliphatic rings. The van der Waals surface area contributed by atoms with Crippen molar-refractivity contribution in [3.8, 4) is 11.5 Å². The Balaban J connectivity index is 2.11. The normalized spacial score (nSPS) is 10.3.